The topological polar surface area (TPSA) is 41.4 Å². The zero-order chi connectivity index (χ0) is 20.7. The number of aromatic nitrogens is 2. The number of likely N-dealkylation sites (N-methyl/N-ethyl adjacent to an activating group) is 1. The molecule has 2 aliphatic heterocycles. The van der Waals surface area contributed by atoms with Crippen molar-refractivity contribution >= 4 is 16.9 Å². The summed E-state index contributed by atoms with van der Waals surface area (Å²) in [6, 6.07) is 16.8. The van der Waals surface area contributed by atoms with E-state index in [0.29, 0.717) is 11.3 Å². The smallest absolute Gasteiger partial charge is 0.253 e. The van der Waals surface area contributed by atoms with Crippen LogP contribution >= 0.6 is 0 Å². The molecular weight excluding hydrogens is 372 g/mol. The molecule has 156 valence electrons. The molecule has 5 heteroatoms. The van der Waals surface area contributed by atoms with Crippen molar-refractivity contribution in [2.75, 3.05) is 33.2 Å². The molecule has 2 fully saturated rings. The highest BCUT2D eigenvalue weighted by molar-refractivity contribution is 5.97. The molecule has 2 saturated heterocycles. The molecule has 30 heavy (non-hydrogen) atoms. The minimum atomic E-state index is 0.140. The van der Waals surface area contributed by atoms with Crippen LogP contribution in [-0.4, -0.2) is 58.5 Å². The van der Waals surface area contributed by atoms with Gasteiger partial charge in [0.25, 0.3) is 5.91 Å². The monoisotopic (exact) mass is 402 g/mol. The van der Waals surface area contributed by atoms with E-state index in [0.717, 1.165) is 55.6 Å². The van der Waals surface area contributed by atoms with Gasteiger partial charge in [-0.05, 0) is 61.4 Å². The van der Waals surface area contributed by atoms with E-state index in [1.165, 1.54) is 12.0 Å². The fraction of sp³-hybridized carbons (Fsp3) is 0.440. The van der Waals surface area contributed by atoms with Gasteiger partial charge in [-0.1, -0.05) is 30.3 Å². The molecular formula is C25H30N4O. The van der Waals surface area contributed by atoms with E-state index < -0.39 is 0 Å². The number of amides is 1. The molecule has 1 spiro atoms. The van der Waals surface area contributed by atoms with E-state index >= 15 is 0 Å². The number of fused-ring (bicyclic) bond motifs is 1. The predicted molar refractivity (Wildman–Crippen MR) is 120 cm³/mol. The van der Waals surface area contributed by atoms with Gasteiger partial charge >= 0.3 is 0 Å². The number of hydrogen-bond donors (Lipinski definition) is 0. The fourth-order valence-corrected chi connectivity index (χ4v) is 5.61. The van der Waals surface area contributed by atoms with E-state index in [9.17, 15) is 4.79 Å². The number of piperidine rings is 2. The Morgan fingerprint density at radius 1 is 1.07 bits per heavy atom. The Balaban J connectivity index is 1.29. The lowest BCUT2D eigenvalue weighted by molar-refractivity contribution is 0.0224. The Hall–Kier alpha value is -2.66. The van der Waals surface area contributed by atoms with Crippen molar-refractivity contribution < 1.29 is 4.79 Å². The lowest BCUT2D eigenvalue weighted by Gasteiger charge is -2.49. The predicted octanol–water partition coefficient (Wildman–Crippen LogP) is 3.92. The molecule has 1 amide bonds. The molecule has 1 unspecified atom stereocenters. The van der Waals surface area contributed by atoms with Crippen LogP contribution < -0.4 is 0 Å². The van der Waals surface area contributed by atoms with Crippen molar-refractivity contribution in [3.05, 3.63) is 66.0 Å². The van der Waals surface area contributed by atoms with Gasteiger partial charge in [0.05, 0.1) is 17.4 Å². The minimum Gasteiger partial charge on any atom is -0.339 e. The SMILES string of the molecule is CN1CC(c2ccccc2)CC2(CCN(C(=O)c3ccc4c(c3)ncn4C)CC2)C1. The van der Waals surface area contributed by atoms with Crippen molar-refractivity contribution in [1.29, 1.82) is 0 Å². The number of carbonyl (C=O) groups excluding carboxylic acids is 1. The molecule has 1 aromatic heterocycles. The van der Waals surface area contributed by atoms with E-state index in [-0.39, 0.29) is 5.91 Å². The van der Waals surface area contributed by atoms with Gasteiger partial charge in [0, 0.05) is 38.8 Å². The third-order valence-corrected chi connectivity index (χ3v) is 7.17. The summed E-state index contributed by atoms with van der Waals surface area (Å²) < 4.78 is 1.98. The standard InChI is InChI=1S/C25H30N4O/c1-27-16-21(19-6-4-3-5-7-19)15-25(17-27)10-12-29(13-11-25)24(30)20-8-9-23-22(14-20)26-18-28(23)2/h3-9,14,18,21H,10-13,15-17H2,1-2H3. The quantitative estimate of drug-likeness (QED) is 0.653. The molecule has 3 heterocycles. The number of hydrogen-bond acceptors (Lipinski definition) is 3. The molecule has 0 saturated carbocycles. The van der Waals surface area contributed by atoms with E-state index in [2.05, 4.69) is 47.3 Å². The highest BCUT2D eigenvalue weighted by Crippen LogP contribution is 2.44. The molecule has 2 aliphatic rings. The Labute approximate surface area is 178 Å². The maximum Gasteiger partial charge on any atom is 0.253 e. The summed E-state index contributed by atoms with van der Waals surface area (Å²) in [5.74, 6) is 0.722. The zero-order valence-corrected chi connectivity index (χ0v) is 17.9. The highest BCUT2D eigenvalue weighted by Gasteiger charge is 2.42. The van der Waals surface area contributed by atoms with Crippen molar-refractivity contribution in [1.82, 2.24) is 19.4 Å². The lowest BCUT2D eigenvalue weighted by Crippen LogP contribution is -2.51. The molecule has 0 radical (unpaired) electrons. The second kappa shape index (κ2) is 7.55. The molecule has 0 aliphatic carbocycles. The third kappa shape index (κ3) is 3.52. The number of benzene rings is 2. The maximum atomic E-state index is 13.2. The number of nitrogens with zero attached hydrogens (tertiary/aromatic N) is 4. The Bertz CT molecular complexity index is 1050. The van der Waals surface area contributed by atoms with Gasteiger partial charge in [0.2, 0.25) is 0 Å². The molecule has 0 N–H and O–H groups in total. The first-order chi connectivity index (χ1) is 14.5. The second-order valence-corrected chi connectivity index (χ2v) is 9.36. The average Bonchev–Trinajstić information content (AvgIpc) is 3.14. The Morgan fingerprint density at radius 3 is 2.60 bits per heavy atom. The normalized spacial score (nSPS) is 21.9. The van der Waals surface area contributed by atoms with Crippen LogP contribution in [0.2, 0.25) is 0 Å². The highest BCUT2D eigenvalue weighted by atomic mass is 16.2. The summed E-state index contributed by atoms with van der Waals surface area (Å²) in [7, 11) is 4.22. The van der Waals surface area contributed by atoms with Gasteiger partial charge in [-0.3, -0.25) is 4.79 Å². The van der Waals surface area contributed by atoms with Crippen molar-refractivity contribution in [3.8, 4) is 0 Å². The first kappa shape index (κ1) is 19.3. The number of likely N-dealkylation sites (tertiary alicyclic amines) is 2. The van der Waals surface area contributed by atoms with Crippen molar-refractivity contribution in [3.63, 3.8) is 0 Å². The van der Waals surface area contributed by atoms with Crippen molar-refractivity contribution in [2.45, 2.75) is 25.2 Å². The summed E-state index contributed by atoms with van der Waals surface area (Å²) in [5, 5.41) is 0. The van der Waals surface area contributed by atoms with E-state index in [4.69, 9.17) is 0 Å². The van der Waals surface area contributed by atoms with Gasteiger partial charge in [0.1, 0.15) is 0 Å². The van der Waals surface area contributed by atoms with Crippen LogP contribution in [-0.2, 0) is 7.05 Å². The number of imidazole rings is 1. The molecule has 5 rings (SSSR count). The summed E-state index contributed by atoms with van der Waals surface area (Å²) in [5.41, 5.74) is 4.46. The number of aryl methyl sites for hydroxylation is 1. The molecule has 5 nitrogen and oxygen atoms in total. The second-order valence-electron chi connectivity index (χ2n) is 9.36. The average molecular weight is 403 g/mol. The van der Waals surface area contributed by atoms with Crippen LogP contribution in [0.25, 0.3) is 11.0 Å². The minimum absolute atomic E-state index is 0.140. The summed E-state index contributed by atoms with van der Waals surface area (Å²) in [6.07, 6.45) is 5.19. The fourth-order valence-electron chi connectivity index (χ4n) is 5.61. The van der Waals surface area contributed by atoms with Crippen molar-refractivity contribution in [2.24, 2.45) is 12.5 Å². The van der Waals surface area contributed by atoms with Gasteiger partial charge < -0.3 is 14.4 Å². The van der Waals surface area contributed by atoms with E-state index in [1.807, 2.05) is 34.7 Å². The summed E-state index contributed by atoms with van der Waals surface area (Å²) in [4.78, 5) is 22.1. The number of carbonyl (C=O) groups is 1. The van der Waals surface area contributed by atoms with Gasteiger partial charge in [-0.25, -0.2) is 4.98 Å². The van der Waals surface area contributed by atoms with Crippen LogP contribution in [0.3, 0.4) is 0 Å². The van der Waals surface area contributed by atoms with Crippen LogP contribution in [0, 0.1) is 5.41 Å². The first-order valence-electron chi connectivity index (χ1n) is 11.0. The lowest BCUT2D eigenvalue weighted by atomic mass is 9.68. The molecule has 3 aromatic rings. The van der Waals surface area contributed by atoms with Gasteiger partial charge in [-0.15, -0.1) is 0 Å². The molecule has 0 bridgehead atoms. The van der Waals surface area contributed by atoms with Gasteiger partial charge in [-0.2, -0.15) is 0 Å². The van der Waals surface area contributed by atoms with Crippen LogP contribution in [0.5, 0.6) is 0 Å². The Morgan fingerprint density at radius 2 is 1.83 bits per heavy atom. The van der Waals surface area contributed by atoms with E-state index in [1.54, 1.807) is 6.33 Å². The maximum absolute atomic E-state index is 13.2. The molecule has 2 aromatic carbocycles. The van der Waals surface area contributed by atoms with Crippen LogP contribution in [0.1, 0.15) is 41.1 Å². The third-order valence-electron chi connectivity index (χ3n) is 7.17. The number of rotatable bonds is 2. The summed E-state index contributed by atoms with van der Waals surface area (Å²) in [6.45, 7) is 3.94. The molecule has 1 atom stereocenters. The Kier molecular flexibility index (Phi) is 4.86. The first-order valence-corrected chi connectivity index (χ1v) is 11.0. The summed E-state index contributed by atoms with van der Waals surface area (Å²) >= 11 is 0. The van der Waals surface area contributed by atoms with Gasteiger partial charge in [0.15, 0.2) is 0 Å². The van der Waals surface area contributed by atoms with Crippen LogP contribution in [0.15, 0.2) is 54.9 Å². The van der Waals surface area contributed by atoms with Crippen LogP contribution in [0.4, 0.5) is 0 Å². The largest absolute Gasteiger partial charge is 0.339 e. The zero-order valence-electron chi connectivity index (χ0n) is 17.9.